The average molecular weight is 260 g/mol. The van der Waals surface area contributed by atoms with Gasteiger partial charge in [0.05, 0.1) is 23.4 Å². The first-order valence-corrected chi connectivity index (χ1v) is 6.28. The van der Waals surface area contributed by atoms with Crippen LogP contribution in [0.2, 0.25) is 0 Å². The molecule has 3 N–H and O–H groups in total. The minimum absolute atomic E-state index is 0.0995. The van der Waals surface area contributed by atoms with Crippen molar-refractivity contribution in [3.05, 3.63) is 23.8 Å². The van der Waals surface area contributed by atoms with E-state index in [1.54, 1.807) is 18.2 Å². The van der Waals surface area contributed by atoms with Crippen molar-refractivity contribution >= 4 is 17.3 Å². The highest BCUT2D eigenvalue weighted by Crippen LogP contribution is 2.24. The lowest BCUT2D eigenvalue weighted by atomic mass is 10.1. The topological polar surface area (TPSA) is 82.2 Å². The number of carbonyl (C=O) groups excluding carboxylic acids is 1. The number of hydrogen-bond donors (Lipinski definition) is 2. The molecule has 1 aromatic rings. The minimum atomic E-state index is -0.120. The summed E-state index contributed by atoms with van der Waals surface area (Å²) < 4.78 is 0. The quantitative estimate of drug-likeness (QED) is 0.788. The van der Waals surface area contributed by atoms with E-state index in [4.69, 9.17) is 11.0 Å². The van der Waals surface area contributed by atoms with Crippen molar-refractivity contribution in [2.75, 3.05) is 30.8 Å². The maximum Gasteiger partial charge on any atom is 0.251 e. The Labute approximate surface area is 114 Å². The maximum absolute atomic E-state index is 11.8. The highest BCUT2D eigenvalue weighted by Gasteiger charge is 2.12. The molecule has 0 aromatic heterocycles. The van der Waals surface area contributed by atoms with Gasteiger partial charge in [0.1, 0.15) is 0 Å². The van der Waals surface area contributed by atoms with Crippen LogP contribution < -0.4 is 16.0 Å². The van der Waals surface area contributed by atoms with Gasteiger partial charge in [-0.2, -0.15) is 5.26 Å². The van der Waals surface area contributed by atoms with Crippen LogP contribution in [0.3, 0.4) is 0 Å². The number of anilines is 2. The number of hydrogen-bond acceptors (Lipinski definition) is 4. The van der Waals surface area contributed by atoms with E-state index in [2.05, 4.69) is 11.4 Å². The number of carbonyl (C=O) groups is 1. The molecule has 0 aliphatic heterocycles. The second-order valence-corrected chi connectivity index (χ2v) is 4.54. The fourth-order valence-electron chi connectivity index (χ4n) is 1.83. The summed E-state index contributed by atoms with van der Waals surface area (Å²) in [6.45, 7) is 4.87. The van der Waals surface area contributed by atoms with Crippen LogP contribution in [0.1, 0.15) is 24.2 Å². The van der Waals surface area contributed by atoms with E-state index in [1.165, 1.54) is 0 Å². The van der Waals surface area contributed by atoms with Crippen LogP contribution in [0, 0.1) is 17.2 Å². The van der Waals surface area contributed by atoms with Crippen molar-refractivity contribution in [3.63, 3.8) is 0 Å². The van der Waals surface area contributed by atoms with Crippen molar-refractivity contribution in [2.45, 2.75) is 13.8 Å². The standard InChI is InChI=1S/C14H20N4O/c1-4-17-14(19)11-5-6-12(16)13(7-11)18(3)9-10(2)8-15/h5-7,10H,4,9,16H2,1-3H3,(H,17,19). The van der Waals surface area contributed by atoms with Gasteiger partial charge in [-0.1, -0.05) is 0 Å². The summed E-state index contributed by atoms with van der Waals surface area (Å²) in [5.74, 6) is -0.219. The molecule has 0 fully saturated rings. The third kappa shape index (κ3) is 3.88. The number of nitrogens with zero attached hydrogens (tertiary/aromatic N) is 2. The second kappa shape index (κ2) is 6.64. The zero-order valence-corrected chi connectivity index (χ0v) is 11.6. The van der Waals surface area contributed by atoms with E-state index in [9.17, 15) is 4.79 Å². The molecule has 19 heavy (non-hydrogen) atoms. The van der Waals surface area contributed by atoms with E-state index in [0.717, 1.165) is 5.69 Å². The van der Waals surface area contributed by atoms with Gasteiger partial charge in [-0.3, -0.25) is 4.79 Å². The zero-order valence-electron chi connectivity index (χ0n) is 11.6. The molecule has 0 saturated heterocycles. The van der Waals surface area contributed by atoms with Crippen LogP contribution in [-0.2, 0) is 0 Å². The van der Waals surface area contributed by atoms with Crippen molar-refractivity contribution in [2.24, 2.45) is 5.92 Å². The molecule has 1 amide bonds. The van der Waals surface area contributed by atoms with E-state index in [1.807, 2.05) is 25.8 Å². The lowest BCUT2D eigenvalue weighted by Gasteiger charge is -2.22. The van der Waals surface area contributed by atoms with Crippen LogP contribution in [0.4, 0.5) is 11.4 Å². The molecule has 0 bridgehead atoms. The predicted octanol–water partition coefficient (Wildman–Crippen LogP) is 1.61. The van der Waals surface area contributed by atoms with Crippen LogP contribution >= 0.6 is 0 Å². The van der Waals surface area contributed by atoms with Gasteiger partial charge < -0.3 is 16.0 Å². The molecule has 0 spiro atoms. The van der Waals surface area contributed by atoms with Gasteiger partial charge in [0.25, 0.3) is 5.91 Å². The number of benzene rings is 1. The van der Waals surface area contributed by atoms with E-state index in [-0.39, 0.29) is 11.8 Å². The summed E-state index contributed by atoms with van der Waals surface area (Å²) in [4.78, 5) is 13.7. The summed E-state index contributed by atoms with van der Waals surface area (Å²) in [5, 5.41) is 11.6. The molecule has 1 unspecified atom stereocenters. The van der Waals surface area contributed by atoms with Crippen molar-refractivity contribution in [3.8, 4) is 6.07 Å². The van der Waals surface area contributed by atoms with Crippen molar-refractivity contribution in [1.82, 2.24) is 5.32 Å². The normalized spacial score (nSPS) is 11.5. The minimum Gasteiger partial charge on any atom is -0.397 e. The van der Waals surface area contributed by atoms with E-state index in [0.29, 0.717) is 24.3 Å². The summed E-state index contributed by atoms with van der Waals surface area (Å²) in [5.41, 5.74) is 7.86. The molecule has 0 saturated carbocycles. The lowest BCUT2D eigenvalue weighted by Crippen LogP contribution is -2.26. The Morgan fingerprint density at radius 2 is 2.26 bits per heavy atom. The molecular formula is C14H20N4O. The van der Waals surface area contributed by atoms with Crippen molar-refractivity contribution < 1.29 is 4.79 Å². The SMILES string of the molecule is CCNC(=O)c1ccc(N)c(N(C)CC(C)C#N)c1. The Bertz CT molecular complexity index is 493. The Morgan fingerprint density at radius 3 is 2.84 bits per heavy atom. The Hall–Kier alpha value is -2.22. The van der Waals surface area contributed by atoms with Gasteiger partial charge in [-0.15, -0.1) is 0 Å². The van der Waals surface area contributed by atoms with Gasteiger partial charge in [0.15, 0.2) is 0 Å². The van der Waals surface area contributed by atoms with Crippen LogP contribution in [0.15, 0.2) is 18.2 Å². The van der Waals surface area contributed by atoms with Crippen LogP contribution in [0.25, 0.3) is 0 Å². The second-order valence-electron chi connectivity index (χ2n) is 4.54. The van der Waals surface area contributed by atoms with E-state index >= 15 is 0 Å². The van der Waals surface area contributed by atoms with Crippen LogP contribution in [0.5, 0.6) is 0 Å². The zero-order chi connectivity index (χ0) is 14.4. The number of rotatable bonds is 5. The lowest BCUT2D eigenvalue weighted by molar-refractivity contribution is 0.0956. The molecule has 5 nitrogen and oxygen atoms in total. The molecule has 5 heteroatoms. The molecule has 0 aliphatic rings. The molecular weight excluding hydrogens is 240 g/mol. The van der Waals surface area contributed by atoms with Gasteiger partial charge in [0, 0.05) is 25.7 Å². The number of nitrogens with two attached hydrogens (primary N) is 1. The van der Waals surface area contributed by atoms with Gasteiger partial charge in [-0.25, -0.2) is 0 Å². The molecule has 1 aromatic carbocycles. The molecule has 0 aliphatic carbocycles. The Kier molecular flexibility index (Phi) is 5.19. The Balaban J connectivity index is 2.97. The first kappa shape index (κ1) is 14.8. The van der Waals surface area contributed by atoms with Gasteiger partial charge >= 0.3 is 0 Å². The number of nitrogen functional groups attached to an aromatic ring is 1. The van der Waals surface area contributed by atoms with Crippen LogP contribution in [-0.4, -0.2) is 26.0 Å². The van der Waals surface area contributed by atoms with Gasteiger partial charge in [0.2, 0.25) is 0 Å². The molecule has 0 radical (unpaired) electrons. The number of nitriles is 1. The summed E-state index contributed by atoms with van der Waals surface area (Å²) in [6.07, 6.45) is 0. The maximum atomic E-state index is 11.8. The molecule has 0 heterocycles. The summed E-state index contributed by atoms with van der Waals surface area (Å²) in [7, 11) is 1.86. The first-order valence-electron chi connectivity index (χ1n) is 6.28. The smallest absolute Gasteiger partial charge is 0.251 e. The predicted molar refractivity (Wildman–Crippen MR) is 76.9 cm³/mol. The largest absolute Gasteiger partial charge is 0.397 e. The third-order valence-corrected chi connectivity index (χ3v) is 2.81. The Morgan fingerprint density at radius 1 is 1.58 bits per heavy atom. The van der Waals surface area contributed by atoms with Crippen molar-refractivity contribution in [1.29, 1.82) is 5.26 Å². The fraction of sp³-hybridized carbons (Fsp3) is 0.429. The monoisotopic (exact) mass is 260 g/mol. The highest BCUT2D eigenvalue weighted by molar-refractivity contribution is 5.96. The summed E-state index contributed by atoms with van der Waals surface area (Å²) in [6, 6.07) is 7.35. The number of nitrogens with one attached hydrogen (secondary N) is 1. The van der Waals surface area contributed by atoms with E-state index < -0.39 is 0 Å². The fourth-order valence-corrected chi connectivity index (χ4v) is 1.83. The first-order chi connectivity index (χ1) is 8.99. The highest BCUT2D eigenvalue weighted by atomic mass is 16.1. The molecule has 102 valence electrons. The average Bonchev–Trinajstić information content (AvgIpc) is 2.39. The third-order valence-electron chi connectivity index (χ3n) is 2.81. The molecule has 1 rings (SSSR count). The van der Waals surface area contributed by atoms with Gasteiger partial charge in [-0.05, 0) is 32.0 Å². The molecule has 1 atom stereocenters. The number of amides is 1. The summed E-state index contributed by atoms with van der Waals surface area (Å²) >= 11 is 0.